The van der Waals surface area contributed by atoms with Gasteiger partial charge < -0.3 is 15.2 Å². The van der Waals surface area contributed by atoms with Crippen LogP contribution >= 0.6 is 0 Å². The molecule has 1 amide bonds. The molecule has 19 heavy (non-hydrogen) atoms. The first-order valence-corrected chi connectivity index (χ1v) is 6.14. The number of carbonyl (C=O) groups excluding carboxylic acids is 1. The van der Waals surface area contributed by atoms with Crippen molar-refractivity contribution in [3.63, 3.8) is 0 Å². The van der Waals surface area contributed by atoms with Crippen LogP contribution in [0.3, 0.4) is 0 Å². The first-order chi connectivity index (χ1) is 9.28. The van der Waals surface area contributed by atoms with Crippen molar-refractivity contribution in [3.8, 4) is 11.3 Å². The number of hydrogen-bond donors (Lipinski definition) is 1. The lowest BCUT2D eigenvalue weighted by molar-refractivity contribution is 0.0505. The molecule has 2 aromatic heterocycles. The van der Waals surface area contributed by atoms with E-state index in [0.717, 1.165) is 5.56 Å². The average Bonchev–Trinajstić information content (AvgIpc) is 2.88. The summed E-state index contributed by atoms with van der Waals surface area (Å²) in [5, 5.41) is 3.82. The summed E-state index contributed by atoms with van der Waals surface area (Å²) in [5.74, 6) is 0.851. The van der Waals surface area contributed by atoms with Crippen LogP contribution in [0.1, 0.15) is 10.5 Å². The van der Waals surface area contributed by atoms with Crippen LogP contribution in [-0.2, 0) is 0 Å². The Morgan fingerprint density at radius 3 is 3.05 bits per heavy atom. The van der Waals surface area contributed by atoms with Gasteiger partial charge in [-0.3, -0.25) is 9.78 Å². The van der Waals surface area contributed by atoms with Crippen LogP contribution in [0.25, 0.3) is 11.3 Å². The van der Waals surface area contributed by atoms with E-state index in [2.05, 4.69) is 10.1 Å². The third-order valence-electron chi connectivity index (χ3n) is 3.25. The molecule has 0 radical (unpaired) electrons. The van der Waals surface area contributed by atoms with Crippen molar-refractivity contribution in [2.24, 2.45) is 11.7 Å². The molecular formula is C13H14N4O2. The second-order valence-corrected chi connectivity index (χ2v) is 4.63. The summed E-state index contributed by atoms with van der Waals surface area (Å²) in [4.78, 5) is 17.8. The fraction of sp³-hybridized carbons (Fsp3) is 0.308. The van der Waals surface area contributed by atoms with Crippen molar-refractivity contribution in [1.29, 1.82) is 0 Å². The molecule has 0 saturated carbocycles. The molecule has 0 bridgehead atoms. The van der Waals surface area contributed by atoms with E-state index in [0.29, 0.717) is 37.0 Å². The zero-order chi connectivity index (χ0) is 13.2. The van der Waals surface area contributed by atoms with Gasteiger partial charge in [0.15, 0.2) is 11.5 Å². The van der Waals surface area contributed by atoms with E-state index in [4.69, 9.17) is 10.3 Å². The number of nitrogens with zero attached hydrogens (tertiary/aromatic N) is 3. The summed E-state index contributed by atoms with van der Waals surface area (Å²) in [6.45, 7) is 2.01. The molecule has 1 saturated heterocycles. The minimum atomic E-state index is -0.108. The highest BCUT2D eigenvalue weighted by atomic mass is 16.5. The zero-order valence-electron chi connectivity index (χ0n) is 10.3. The van der Waals surface area contributed by atoms with Gasteiger partial charge in [0.2, 0.25) is 0 Å². The monoisotopic (exact) mass is 258 g/mol. The molecule has 2 aromatic rings. The van der Waals surface area contributed by atoms with Gasteiger partial charge in [-0.1, -0.05) is 5.16 Å². The van der Waals surface area contributed by atoms with E-state index in [9.17, 15) is 4.79 Å². The molecule has 0 aromatic carbocycles. The number of aromatic nitrogens is 2. The summed E-state index contributed by atoms with van der Waals surface area (Å²) in [7, 11) is 0. The lowest BCUT2D eigenvalue weighted by Gasteiger charge is -2.37. The normalized spacial score (nSPS) is 15.3. The van der Waals surface area contributed by atoms with Crippen LogP contribution in [0.2, 0.25) is 0 Å². The fourth-order valence-corrected chi connectivity index (χ4v) is 2.07. The van der Waals surface area contributed by atoms with Crippen LogP contribution in [0.4, 0.5) is 0 Å². The molecular weight excluding hydrogens is 244 g/mol. The quantitative estimate of drug-likeness (QED) is 0.878. The Hall–Kier alpha value is -2.21. The van der Waals surface area contributed by atoms with Crippen molar-refractivity contribution in [1.82, 2.24) is 15.0 Å². The van der Waals surface area contributed by atoms with Gasteiger partial charge in [-0.05, 0) is 18.7 Å². The van der Waals surface area contributed by atoms with E-state index in [-0.39, 0.29) is 5.91 Å². The second-order valence-electron chi connectivity index (χ2n) is 4.63. The average molecular weight is 258 g/mol. The van der Waals surface area contributed by atoms with Gasteiger partial charge in [0, 0.05) is 43.0 Å². The van der Waals surface area contributed by atoms with Crippen molar-refractivity contribution < 1.29 is 9.32 Å². The van der Waals surface area contributed by atoms with Crippen molar-refractivity contribution in [2.45, 2.75) is 0 Å². The van der Waals surface area contributed by atoms with Crippen molar-refractivity contribution >= 4 is 5.91 Å². The SMILES string of the molecule is NCC1CN(C(=O)c2cc(-c3cccnc3)on2)C1. The minimum Gasteiger partial charge on any atom is -0.355 e. The van der Waals surface area contributed by atoms with Gasteiger partial charge in [0.1, 0.15) is 0 Å². The third-order valence-corrected chi connectivity index (χ3v) is 3.25. The van der Waals surface area contributed by atoms with Gasteiger partial charge >= 0.3 is 0 Å². The lowest BCUT2D eigenvalue weighted by Crippen LogP contribution is -2.52. The van der Waals surface area contributed by atoms with Crippen LogP contribution < -0.4 is 5.73 Å². The maximum atomic E-state index is 12.1. The Kier molecular flexibility index (Phi) is 3.00. The topological polar surface area (TPSA) is 85.2 Å². The molecule has 1 aliphatic rings. The highest BCUT2D eigenvalue weighted by Crippen LogP contribution is 2.22. The van der Waals surface area contributed by atoms with Gasteiger partial charge in [-0.25, -0.2) is 0 Å². The van der Waals surface area contributed by atoms with Crippen molar-refractivity contribution in [3.05, 3.63) is 36.3 Å². The Morgan fingerprint density at radius 1 is 1.53 bits per heavy atom. The summed E-state index contributed by atoms with van der Waals surface area (Å²) in [5.41, 5.74) is 6.67. The molecule has 0 aliphatic carbocycles. The maximum Gasteiger partial charge on any atom is 0.276 e. The number of rotatable bonds is 3. The Balaban J connectivity index is 1.73. The molecule has 1 aliphatic heterocycles. The van der Waals surface area contributed by atoms with Gasteiger partial charge in [0.25, 0.3) is 5.91 Å². The molecule has 0 unspecified atom stereocenters. The van der Waals surface area contributed by atoms with Crippen LogP contribution in [0.5, 0.6) is 0 Å². The Morgan fingerprint density at radius 2 is 2.37 bits per heavy atom. The van der Waals surface area contributed by atoms with Gasteiger partial charge in [-0.15, -0.1) is 0 Å². The number of pyridine rings is 1. The molecule has 1 fully saturated rings. The first kappa shape index (κ1) is 11.9. The number of hydrogen-bond acceptors (Lipinski definition) is 5. The van der Waals surface area contributed by atoms with Crippen LogP contribution in [0.15, 0.2) is 35.1 Å². The molecule has 0 spiro atoms. The first-order valence-electron chi connectivity index (χ1n) is 6.14. The summed E-state index contributed by atoms with van der Waals surface area (Å²) in [6.07, 6.45) is 3.35. The molecule has 0 atom stereocenters. The van der Waals surface area contributed by atoms with E-state index in [1.165, 1.54) is 0 Å². The van der Waals surface area contributed by atoms with E-state index in [1.807, 2.05) is 6.07 Å². The smallest absolute Gasteiger partial charge is 0.276 e. The Labute approximate surface area is 110 Å². The molecule has 98 valence electrons. The minimum absolute atomic E-state index is 0.108. The molecule has 3 rings (SSSR count). The van der Waals surface area contributed by atoms with E-state index < -0.39 is 0 Å². The summed E-state index contributed by atoms with van der Waals surface area (Å²) in [6, 6.07) is 5.31. The predicted molar refractivity (Wildman–Crippen MR) is 68.2 cm³/mol. The van der Waals surface area contributed by atoms with E-state index in [1.54, 1.807) is 29.4 Å². The van der Waals surface area contributed by atoms with Crippen LogP contribution in [0, 0.1) is 5.92 Å². The van der Waals surface area contributed by atoms with E-state index >= 15 is 0 Å². The highest BCUT2D eigenvalue weighted by Gasteiger charge is 2.31. The standard InChI is InChI=1S/C13H14N4O2/c14-5-9-7-17(8-9)13(18)11-4-12(19-16-11)10-2-1-3-15-6-10/h1-4,6,9H,5,7-8,14H2. The molecule has 3 heterocycles. The molecule has 2 N–H and O–H groups in total. The lowest BCUT2D eigenvalue weighted by atomic mass is 10.00. The molecule has 6 heteroatoms. The third kappa shape index (κ3) is 2.22. The van der Waals surface area contributed by atoms with Crippen molar-refractivity contribution in [2.75, 3.05) is 19.6 Å². The predicted octanol–water partition coefficient (Wildman–Crippen LogP) is 0.767. The zero-order valence-corrected chi connectivity index (χ0v) is 10.3. The van der Waals surface area contributed by atoms with Gasteiger partial charge in [0.05, 0.1) is 0 Å². The number of likely N-dealkylation sites (tertiary alicyclic amines) is 1. The fourth-order valence-electron chi connectivity index (χ4n) is 2.07. The summed E-state index contributed by atoms with van der Waals surface area (Å²) < 4.78 is 5.18. The summed E-state index contributed by atoms with van der Waals surface area (Å²) >= 11 is 0. The molecule has 6 nitrogen and oxygen atoms in total. The second kappa shape index (κ2) is 4.81. The number of carbonyl (C=O) groups is 1. The highest BCUT2D eigenvalue weighted by molar-refractivity contribution is 5.93. The largest absolute Gasteiger partial charge is 0.355 e. The van der Waals surface area contributed by atoms with Gasteiger partial charge in [-0.2, -0.15) is 0 Å². The number of amides is 1. The Bertz CT molecular complexity index is 575. The van der Waals surface area contributed by atoms with Crippen LogP contribution in [-0.4, -0.2) is 40.6 Å². The number of nitrogens with two attached hydrogens (primary N) is 1. The maximum absolute atomic E-state index is 12.1.